The Hall–Kier alpha value is -0.500. The molecule has 0 N–H and O–H groups in total. The lowest BCUT2D eigenvalue weighted by atomic mass is 9.88. The molecule has 0 bridgehead atoms. The molecule has 1 aliphatic rings. The second-order valence-corrected chi connectivity index (χ2v) is 7.07. The van der Waals surface area contributed by atoms with E-state index >= 15 is 0 Å². The Morgan fingerprint density at radius 3 is 2.71 bits per heavy atom. The molecule has 0 radical (unpaired) electrons. The van der Waals surface area contributed by atoms with Crippen molar-refractivity contribution in [3.8, 4) is 5.75 Å². The number of alkyl halides is 1. The fourth-order valence-corrected chi connectivity index (χ4v) is 2.44. The van der Waals surface area contributed by atoms with E-state index in [2.05, 4.69) is 54.9 Å². The molecule has 0 aliphatic carbocycles. The number of fused-ring (bicyclic) bond motifs is 1. The molecule has 0 amide bonds. The number of halogens is 1. The highest BCUT2D eigenvalue weighted by molar-refractivity contribution is 9.09. The van der Waals surface area contributed by atoms with Crippen molar-refractivity contribution in [3.05, 3.63) is 29.8 Å². The second kappa shape index (κ2) is 5.01. The van der Waals surface area contributed by atoms with Crippen LogP contribution in [0.15, 0.2) is 24.3 Å². The summed E-state index contributed by atoms with van der Waals surface area (Å²) in [7, 11) is 0. The van der Waals surface area contributed by atoms with Crippen LogP contribution in [-0.4, -0.2) is 10.9 Å². The topological polar surface area (TPSA) is 9.23 Å². The van der Waals surface area contributed by atoms with E-state index in [0.29, 0.717) is 16.3 Å². The maximum atomic E-state index is 5.95. The third-order valence-corrected chi connectivity index (χ3v) is 5.23. The molecule has 1 aliphatic heterocycles. The molecule has 1 nitrogen and oxygen atoms in total. The molecule has 0 saturated heterocycles. The number of ether oxygens (including phenoxy) is 1. The van der Waals surface area contributed by atoms with E-state index in [4.69, 9.17) is 4.74 Å². The lowest BCUT2D eigenvalue weighted by Crippen LogP contribution is -2.23. The van der Waals surface area contributed by atoms with E-state index in [1.165, 1.54) is 12.0 Å². The molecular weight excluding hydrogens is 276 g/mol. The van der Waals surface area contributed by atoms with Crippen LogP contribution in [0.3, 0.4) is 0 Å². The van der Waals surface area contributed by atoms with Gasteiger partial charge in [-0.2, -0.15) is 0 Å². The molecule has 1 aromatic rings. The van der Waals surface area contributed by atoms with Gasteiger partial charge in [0, 0.05) is 11.2 Å². The van der Waals surface area contributed by atoms with E-state index in [0.717, 1.165) is 18.6 Å². The van der Waals surface area contributed by atoms with Crippen LogP contribution in [0.4, 0.5) is 0 Å². The van der Waals surface area contributed by atoms with Gasteiger partial charge in [-0.3, -0.25) is 0 Å². The summed E-state index contributed by atoms with van der Waals surface area (Å²) in [4.78, 5) is 0.558. The first-order valence-electron chi connectivity index (χ1n) is 6.35. The summed E-state index contributed by atoms with van der Waals surface area (Å²) in [6.45, 7) is 6.82. The highest BCUT2D eigenvalue weighted by Crippen LogP contribution is 2.34. The summed E-state index contributed by atoms with van der Waals surface area (Å²) < 4.78 is 5.95. The average Bonchev–Trinajstić information content (AvgIpc) is 2.66. The Balaban J connectivity index is 1.85. The number of benzene rings is 1. The van der Waals surface area contributed by atoms with E-state index in [9.17, 15) is 0 Å². The monoisotopic (exact) mass is 296 g/mol. The molecule has 2 atom stereocenters. The minimum absolute atomic E-state index is 0.325. The molecule has 94 valence electrons. The van der Waals surface area contributed by atoms with Crippen LogP contribution < -0.4 is 4.74 Å². The first-order valence-corrected chi connectivity index (χ1v) is 7.27. The number of rotatable bonds is 3. The average molecular weight is 297 g/mol. The van der Waals surface area contributed by atoms with Crippen LogP contribution >= 0.6 is 15.9 Å². The smallest absolute Gasteiger partial charge is 0.123 e. The first kappa shape index (κ1) is 12.9. The van der Waals surface area contributed by atoms with Crippen molar-refractivity contribution in [2.24, 2.45) is 5.41 Å². The van der Waals surface area contributed by atoms with Gasteiger partial charge < -0.3 is 4.74 Å². The Morgan fingerprint density at radius 2 is 2.06 bits per heavy atom. The lowest BCUT2D eigenvalue weighted by Gasteiger charge is -2.26. The van der Waals surface area contributed by atoms with Crippen LogP contribution in [0.1, 0.15) is 39.2 Å². The number of para-hydroxylation sites is 1. The molecule has 2 unspecified atom stereocenters. The van der Waals surface area contributed by atoms with Crippen molar-refractivity contribution < 1.29 is 4.74 Å². The maximum Gasteiger partial charge on any atom is 0.123 e. The minimum Gasteiger partial charge on any atom is -0.490 e. The SMILES string of the molecule is CC(C)(C)C(Br)CCC1Cc2ccccc2O1. The van der Waals surface area contributed by atoms with E-state index in [1.54, 1.807) is 0 Å². The van der Waals surface area contributed by atoms with Crippen molar-refractivity contribution in [2.75, 3.05) is 0 Å². The van der Waals surface area contributed by atoms with Gasteiger partial charge in [-0.15, -0.1) is 0 Å². The highest BCUT2D eigenvalue weighted by atomic mass is 79.9. The Bertz CT molecular complexity index is 356. The largest absolute Gasteiger partial charge is 0.490 e. The quantitative estimate of drug-likeness (QED) is 0.742. The summed E-state index contributed by atoms with van der Waals surface area (Å²) in [5.41, 5.74) is 1.69. The van der Waals surface area contributed by atoms with Gasteiger partial charge in [0.05, 0.1) is 0 Å². The van der Waals surface area contributed by atoms with Crippen LogP contribution in [-0.2, 0) is 6.42 Å². The predicted octanol–water partition coefficient (Wildman–Crippen LogP) is 4.58. The lowest BCUT2D eigenvalue weighted by molar-refractivity contribution is 0.210. The Morgan fingerprint density at radius 1 is 1.35 bits per heavy atom. The van der Waals surface area contributed by atoms with E-state index < -0.39 is 0 Å². The molecule has 2 rings (SSSR count). The molecule has 0 saturated carbocycles. The van der Waals surface area contributed by atoms with Gasteiger partial charge in [-0.05, 0) is 29.9 Å². The van der Waals surface area contributed by atoms with Crippen LogP contribution in [0.25, 0.3) is 0 Å². The molecule has 1 aromatic carbocycles. The van der Waals surface area contributed by atoms with Gasteiger partial charge in [0.25, 0.3) is 0 Å². The fourth-order valence-electron chi connectivity index (χ4n) is 2.18. The van der Waals surface area contributed by atoms with Gasteiger partial charge in [-0.25, -0.2) is 0 Å². The van der Waals surface area contributed by atoms with Gasteiger partial charge in [0.2, 0.25) is 0 Å². The molecular formula is C15H21BrO. The maximum absolute atomic E-state index is 5.95. The Kier molecular flexibility index (Phi) is 3.82. The zero-order valence-electron chi connectivity index (χ0n) is 10.9. The van der Waals surface area contributed by atoms with Crippen LogP contribution in [0.2, 0.25) is 0 Å². The van der Waals surface area contributed by atoms with Crippen LogP contribution in [0, 0.1) is 5.41 Å². The van der Waals surface area contributed by atoms with Crippen molar-refractivity contribution in [1.82, 2.24) is 0 Å². The molecule has 0 spiro atoms. The van der Waals surface area contributed by atoms with E-state index in [-0.39, 0.29) is 0 Å². The summed E-state index contributed by atoms with van der Waals surface area (Å²) in [5.74, 6) is 1.08. The molecule has 17 heavy (non-hydrogen) atoms. The van der Waals surface area contributed by atoms with Crippen molar-refractivity contribution >= 4 is 15.9 Å². The number of hydrogen-bond donors (Lipinski definition) is 0. The summed E-state index contributed by atoms with van der Waals surface area (Å²) >= 11 is 3.79. The summed E-state index contributed by atoms with van der Waals surface area (Å²) in [6.07, 6.45) is 3.74. The van der Waals surface area contributed by atoms with Gasteiger partial charge in [0.15, 0.2) is 0 Å². The molecule has 2 heteroatoms. The molecule has 1 heterocycles. The van der Waals surface area contributed by atoms with Crippen molar-refractivity contribution in [2.45, 2.75) is 51.0 Å². The van der Waals surface area contributed by atoms with Crippen molar-refractivity contribution in [3.63, 3.8) is 0 Å². The Labute approximate surface area is 113 Å². The number of hydrogen-bond acceptors (Lipinski definition) is 1. The highest BCUT2D eigenvalue weighted by Gasteiger charge is 2.26. The standard InChI is InChI=1S/C15H21BrO/c1-15(2,3)14(16)9-8-12-10-11-6-4-5-7-13(11)17-12/h4-7,12,14H,8-10H2,1-3H3. The third kappa shape index (κ3) is 3.25. The normalized spacial score (nSPS) is 20.8. The fraction of sp³-hybridized carbons (Fsp3) is 0.600. The first-order chi connectivity index (χ1) is 7.97. The predicted molar refractivity (Wildman–Crippen MR) is 76.0 cm³/mol. The minimum atomic E-state index is 0.325. The zero-order chi connectivity index (χ0) is 12.5. The molecule has 0 fully saturated rings. The van der Waals surface area contributed by atoms with Gasteiger partial charge >= 0.3 is 0 Å². The van der Waals surface area contributed by atoms with Crippen molar-refractivity contribution in [1.29, 1.82) is 0 Å². The second-order valence-electron chi connectivity index (χ2n) is 5.96. The summed E-state index contributed by atoms with van der Waals surface area (Å²) in [6, 6.07) is 8.38. The van der Waals surface area contributed by atoms with Crippen LogP contribution in [0.5, 0.6) is 5.75 Å². The zero-order valence-corrected chi connectivity index (χ0v) is 12.5. The van der Waals surface area contributed by atoms with E-state index in [1.807, 2.05) is 6.07 Å². The van der Waals surface area contributed by atoms with Gasteiger partial charge in [0.1, 0.15) is 11.9 Å². The summed E-state index contributed by atoms with van der Waals surface area (Å²) in [5, 5.41) is 0. The molecule has 0 aromatic heterocycles. The third-order valence-electron chi connectivity index (χ3n) is 3.40. The van der Waals surface area contributed by atoms with Gasteiger partial charge in [-0.1, -0.05) is 54.9 Å².